The molecule has 3 heteroatoms. The van der Waals surface area contributed by atoms with Gasteiger partial charge in [0.25, 0.3) is 0 Å². The Labute approximate surface area is 141 Å². The van der Waals surface area contributed by atoms with Crippen molar-refractivity contribution in [1.82, 2.24) is 0 Å². The van der Waals surface area contributed by atoms with Gasteiger partial charge in [-0.2, -0.15) is 0 Å². The van der Waals surface area contributed by atoms with Crippen molar-refractivity contribution in [3.63, 3.8) is 0 Å². The number of rotatable bonds is 4. The summed E-state index contributed by atoms with van der Waals surface area (Å²) in [7, 11) is 4.03. The van der Waals surface area contributed by atoms with Crippen LogP contribution >= 0.6 is 11.6 Å². The Morgan fingerprint density at radius 1 is 0.739 bits per heavy atom. The van der Waals surface area contributed by atoms with E-state index in [9.17, 15) is 0 Å². The first-order valence-electron chi connectivity index (χ1n) is 7.44. The van der Waals surface area contributed by atoms with Crippen molar-refractivity contribution in [1.29, 1.82) is 0 Å². The normalized spacial score (nSPS) is 10.4. The van der Waals surface area contributed by atoms with Crippen LogP contribution in [-0.4, -0.2) is 14.1 Å². The van der Waals surface area contributed by atoms with Crippen molar-refractivity contribution >= 4 is 17.3 Å². The highest BCUT2D eigenvalue weighted by atomic mass is 35.5. The van der Waals surface area contributed by atoms with Crippen molar-refractivity contribution in [2.45, 2.75) is 0 Å². The Morgan fingerprint density at radius 3 is 2.04 bits per heavy atom. The molecule has 0 atom stereocenters. The smallest absolute Gasteiger partial charge is 0.127 e. The van der Waals surface area contributed by atoms with Gasteiger partial charge >= 0.3 is 0 Å². The van der Waals surface area contributed by atoms with Crippen LogP contribution in [0.4, 0.5) is 5.69 Å². The molecule has 0 aliphatic carbocycles. The fourth-order valence-electron chi connectivity index (χ4n) is 2.49. The number of hydrogen-bond donors (Lipinski definition) is 0. The van der Waals surface area contributed by atoms with Gasteiger partial charge < -0.3 is 9.64 Å². The maximum Gasteiger partial charge on any atom is 0.127 e. The highest BCUT2D eigenvalue weighted by Gasteiger charge is 2.11. The van der Waals surface area contributed by atoms with Gasteiger partial charge in [-0.15, -0.1) is 0 Å². The van der Waals surface area contributed by atoms with E-state index in [0.29, 0.717) is 0 Å². The molecule has 0 bridgehead atoms. The van der Waals surface area contributed by atoms with Crippen molar-refractivity contribution in [3.05, 3.63) is 77.8 Å². The predicted molar refractivity (Wildman–Crippen MR) is 97.7 cm³/mol. The third-order valence-corrected chi connectivity index (χ3v) is 3.91. The molecule has 0 heterocycles. The number of para-hydroxylation sites is 1. The van der Waals surface area contributed by atoms with Gasteiger partial charge in [-0.3, -0.25) is 0 Å². The first kappa shape index (κ1) is 15.4. The Morgan fingerprint density at radius 2 is 1.39 bits per heavy atom. The first-order valence-corrected chi connectivity index (χ1v) is 7.82. The second-order valence-electron chi connectivity index (χ2n) is 5.47. The van der Waals surface area contributed by atoms with E-state index < -0.39 is 0 Å². The van der Waals surface area contributed by atoms with E-state index >= 15 is 0 Å². The lowest BCUT2D eigenvalue weighted by Crippen LogP contribution is -2.10. The van der Waals surface area contributed by atoms with Crippen molar-refractivity contribution in [2.75, 3.05) is 19.0 Å². The molecule has 116 valence electrons. The number of anilines is 1. The third-order valence-electron chi connectivity index (χ3n) is 3.60. The van der Waals surface area contributed by atoms with Gasteiger partial charge in [-0.1, -0.05) is 48.0 Å². The molecule has 0 unspecified atom stereocenters. The molecule has 0 amide bonds. The standard InChI is InChI=1S/C20H18ClNO/c1-22(2)19-10-6-9-18(21)20(19)15-11-13-17(14-12-15)23-16-7-4-3-5-8-16/h3-14H,1-2H3. The maximum absolute atomic E-state index is 6.42. The van der Waals surface area contributed by atoms with Gasteiger partial charge in [0.05, 0.1) is 5.02 Å². The Balaban J connectivity index is 1.91. The number of ether oxygens (including phenoxy) is 1. The maximum atomic E-state index is 6.42. The summed E-state index contributed by atoms with van der Waals surface area (Å²) >= 11 is 6.42. The predicted octanol–water partition coefficient (Wildman–Crippen LogP) is 5.87. The number of benzene rings is 3. The van der Waals surface area contributed by atoms with E-state index in [-0.39, 0.29) is 0 Å². The van der Waals surface area contributed by atoms with Crippen LogP contribution in [0.25, 0.3) is 11.1 Å². The molecular weight excluding hydrogens is 306 g/mol. The first-order chi connectivity index (χ1) is 11.1. The van der Waals surface area contributed by atoms with Crippen LogP contribution in [0.1, 0.15) is 0 Å². The molecule has 23 heavy (non-hydrogen) atoms. The Bertz CT molecular complexity index is 782. The highest BCUT2D eigenvalue weighted by Crippen LogP contribution is 2.37. The van der Waals surface area contributed by atoms with Crippen LogP contribution in [0.5, 0.6) is 11.5 Å². The minimum Gasteiger partial charge on any atom is -0.457 e. The molecule has 0 N–H and O–H groups in total. The summed E-state index contributed by atoms with van der Waals surface area (Å²) in [6.45, 7) is 0. The van der Waals surface area contributed by atoms with Gasteiger partial charge in [-0.25, -0.2) is 0 Å². The van der Waals surface area contributed by atoms with Crippen LogP contribution in [0, 0.1) is 0 Å². The zero-order chi connectivity index (χ0) is 16.2. The fraction of sp³-hybridized carbons (Fsp3) is 0.100. The van der Waals surface area contributed by atoms with E-state index in [1.807, 2.05) is 80.8 Å². The Hall–Kier alpha value is -2.45. The van der Waals surface area contributed by atoms with E-state index in [4.69, 9.17) is 16.3 Å². The lowest BCUT2D eigenvalue weighted by atomic mass is 10.0. The molecule has 0 fully saturated rings. The second-order valence-corrected chi connectivity index (χ2v) is 5.88. The van der Waals surface area contributed by atoms with Crippen LogP contribution in [-0.2, 0) is 0 Å². The molecule has 2 nitrogen and oxygen atoms in total. The molecule has 0 aliphatic heterocycles. The molecule has 0 aliphatic rings. The van der Waals surface area contributed by atoms with E-state index in [0.717, 1.165) is 33.3 Å². The van der Waals surface area contributed by atoms with Crippen molar-refractivity contribution < 1.29 is 4.74 Å². The zero-order valence-corrected chi connectivity index (χ0v) is 13.9. The Kier molecular flexibility index (Phi) is 4.54. The highest BCUT2D eigenvalue weighted by molar-refractivity contribution is 6.34. The fourth-order valence-corrected chi connectivity index (χ4v) is 2.76. The van der Waals surface area contributed by atoms with Crippen molar-refractivity contribution in [3.8, 4) is 22.6 Å². The van der Waals surface area contributed by atoms with Gasteiger partial charge in [0, 0.05) is 25.3 Å². The monoisotopic (exact) mass is 323 g/mol. The third kappa shape index (κ3) is 3.49. The quantitative estimate of drug-likeness (QED) is 0.595. The van der Waals surface area contributed by atoms with Crippen LogP contribution in [0.3, 0.4) is 0 Å². The van der Waals surface area contributed by atoms with Crippen LogP contribution < -0.4 is 9.64 Å². The number of hydrogen-bond acceptors (Lipinski definition) is 2. The summed E-state index contributed by atoms with van der Waals surface area (Å²) in [5.41, 5.74) is 3.19. The average molecular weight is 324 g/mol. The summed E-state index contributed by atoms with van der Waals surface area (Å²) in [6.07, 6.45) is 0. The average Bonchev–Trinajstić information content (AvgIpc) is 2.56. The van der Waals surface area contributed by atoms with Gasteiger partial charge in [0.2, 0.25) is 0 Å². The molecule has 0 saturated carbocycles. The van der Waals surface area contributed by atoms with Gasteiger partial charge in [0.1, 0.15) is 11.5 Å². The van der Waals surface area contributed by atoms with Gasteiger partial charge in [-0.05, 0) is 42.0 Å². The van der Waals surface area contributed by atoms with E-state index in [1.165, 1.54) is 0 Å². The van der Waals surface area contributed by atoms with E-state index in [2.05, 4.69) is 11.0 Å². The molecule has 0 spiro atoms. The minimum atomic E-state index is 0.743. The molecule has 0 radical (unpaired) electrons. The lowest BCUT2D eigenvalue weighted by molar-refractivity contribution is 0.483. The molecular formula is C20H18ClNO. The lowest BCUT2D eigenvalue weighted by Gasteiger charge is -2.19. The van der Waals surface area contributed by atoms with E-state index in [1.54, 1.807) is 0 Å². The zero-order valence-electron chi connectivity index (χ0n) is 13.2. The largest absolute Gasteiger partial charge is 0.457 e. The summed E-state index contributed by atoms with van der Waals surface area (Å²) in [5, 5.41) is 0.743. The molecule has 0 saturated heterocycles. The molecule has 3 rings (SSSR count). The summed E-state index contributed by atoms with van der Waals surface area (Å²) < 4.78 is 5.83. The topological polar surface area (TPSA) is 12.5 Å². The second kappa shape index (κ2) is 6.76. The molecule has 3 aromatic rings. The van der Waals surface area contributed by atoms with Crippen LogP contribution in [0.15, 0.2) is 72.8 Å². The van der Waals surface area contributed by atoms with Crippen LogP contribution in [0.2, 0.25) is 5.02 Å². The number of halogens is 1. The van der Waals surface area contributed by atoms with Gasteiger partial charge in [0.15, 0.2) is 0 Å². The summed E-state index contributed by atoms with van der Waals surface area (Å²) in [4.78, 5) is 2.07. The van der Waals surface area contributed by atoms with Crippen molar-refractivity contribution in [2.24, 2.45) is 0 Å². The number of nitrogens with zero attached hydrogens (tertiary/aromatic N) is 1. The summed E-state index contributed by atoms with van der Waals surface area (Å²) in [5.74, 6) is 1.63. The minimum absolute atomic E-state index is 0.743. The SMILES string of the molecule is CN(C)c1cccc(Cl)c1-c1ccc(Oc2ccccc2)cc1. The molecule has 3 aromatic carbocycles. The molecule has 0 aromatic heterocycles. The summed E-state index contributed by atoms with van der Waals surface area (Å²) in [6, 6.07) is 23.7.